The Hall–Kier alpha value is -0.980. The Balaban J connectivity index is 0.00000300. The lowest BCUT2D eigenvalue weighted by atomic mass is 10.1. The predicted octanol–water partition coefficient (Wildman–Crippen LogP) is 0.803. The van der Waals surface area contributed by atoms with Gasteiger partial charge < -0.3 is 25.0 Å². The van der Waals surface area contributed by atoms with Gasteiger partial charge in [-0.25, -0.2) is 4.99 Å². The van der Waals surface area contributed by atoms with Crippen LogP contribution < -0.4 is 10.6 Å². The highest BCUT2D eigenvalue weighted by Gasteiger charge is 2.26. The van der Waals surface area contributed by atoms with E-state index in [1.807, 2.05) is 25.5 Å². The maximum absolute atomic E-state index is 10.9. The van der Waals surface area contributed by atoms with Crippen LogP contribution in [0.5, 0.6) is 0 Å². The molecule has 1 aromatic heterocycles. The molecule has 2 fully saturated rings. The summed E-state index contributed by atoms with van der Waals surface area (Å²) < 4.78 is 7.34. The van der Waals surface area contributed by atoms with Crippen LogP contribution in [0.3, 0.4) is 0 Å². The largest absolute Gasteiger partial charge is 0.387 e. The van der Waals surface area contributed by atoms with E-state index < -0.39 is 5.60 Å². The van der Waals surface area contributed by atoms with Crippen molar-refractivity contribution in [3.05, 3.63) is 11.6 Å². The van der Waals surface area contributed by atoms with Crippen molar-refractivity contribution in [2.24, 2.45) is 12.0 Å². The Labute approximate surface area is 190 Å². The lowest BCUT2D eigenvalue weighted by Crippen LogP contribution is -2.53. The van der Waals surface area contributed by atoms with Gasteiger partial charge in [-0.05, 0) is 26.7 Å². The maximum Gasteiger partial charge on any atom is 0.192 e. The van der Waals surface area contributed by atoms with Gasteiger partial charge in [0.15, 0.2) is 11.8 Å². The van der Waals surface area contributed by atoms with E-state index in [0.29, 0.717) is 25.7 Å². The van der Waals surface area contributed by atoms with Crippen molar-refractivity contribution < 1.29 is 9.84 Å². The van der Waals surface area contributed by atoms with Crippen LogP contribution in [0.2, 0.25) is 0 Å². The average molecular weight is 521 g/mol. The van der Waals surface area contributed by atoms with E-state index in [1.54, 1.807) is 0 Å². The first-order chi connectivity index (χ1) is 13.4. The molecule has 2 heterocycles. The van der Waals surface area contributed by atoms with Gasteiger partial charge >= 0.3 is 0 Å². The first kappa shape index (κ1) is 24.3. The SMILES string of the molecule is Cc1nnc(CN=C(NCC(C)(O)CN2CCOCC2)NC2CCCC2)n1C.I. The van der Waals surface area contributed by atoms with Crippen LogP contribution in [0, 0.1) is 6.92 Å². The molecule has 0 amide bonds. The Morgan fingerprint density at radius 1 is 1.28 bits per heavy atom. The van der Waals surface area contributed by atoms with Crippen LogP contribution in [0.1, 0.15) is 44.3 Å². The molecule has 1 aromatic rings. The molecule has 29 heavy (non-hydrogen) atoms. The number of nitrogens with one attached hydrogen (secondary N) is 2. The molecule has 9 nitrogen and oxygen atoms in total. The van der Waals surface area contributed by atoms with Crippen molar-refractivity contribution in [2.45, 2.75) is 57.7 Å². The molecule has 2 aliphatic rings. The topological polar surface area (TPSA) is 99.8 Å². The molecule has 1 atom stereocenters. The average Bonchev–Trinajstić information content (AvgIpc) is 3.29. The second kappa shape index (κ2) is 11.4. The number of nitrogens with zero attached hydrogens (tertiary/aromatic N) is 5. The molecule has 1 unspecified atom stereocenters. The fraction of sp³-hybridized carbons (Fsp3) is 0.842. The van der Waals surface area contributed by atoms with Gasteiger partial charge in [0.2, 0.25) is 0 Å². The molecule has 1 saturated carbocycles. The van der Waals surface area contributed by atoms with Crippen LogP contribution in [0.25, 0.3) is 0 Å². The van der Waals surface area contributed by atoms with Crippen LogP contribution in [0.15, 0.2) is 4.99 Å². The Morgan fingerprint density at radius 2 is 1.97 bits per heavy atom. The molecule has 0 radical (unpaired) electrons. The molecular weight excluding hydrogens is 485 g/mol. The normalized spacial score (nSPS) is 20.9. The van der Waals surface area contributed by atoms with Gasteiger partial charge in [-0.15, -0.1) is 34.2 Å². The summed E-state index contributed by atoms with van der Waals surface area (Å²) in [5.74, 6) is 2.43. The molecule has 166 valence electrons. The summed E-state index contributed by atoms with van der Waals surface area (Å²) in [5, 5.41) is 26.0. The van der Waals surface area contributed by atoms with Gasteiger partial charge in [0.25, 0.3) is 0 Å². The number of morpholine rings is 1. The number of halogens is 1. The standard InChI is InChI=1S/C19H35N7O2.HI/c1-15-23-24-17(25(15)3)12-20-18(22-16-6-4-5-7-16)21-13-19(2,27)14-26-8-10-28-11-9-26;/h16,27H,4-14H2,1-3H3,(H2,20,21,22);1H. The molecular formula is C19H36IN7O2. The van der Waals surface area contributed by atoms with E-state index in [-0.39, 0.29) is 24.0 Å². The van der Waals surface area contributed by atoms with Crippen LogP contribution >= 0.6 is 24.0 Å². The van der Waals surface area contributed by atoms with Crippen LogP contribution in [-0.2, 0) is 18.3 Å². The number of β-amino-alcohol motifs (C(OH)–C–C–N with tert-alkyl or cyclic N) is 1. The molecule has 1 aliphatic carbocycles. The number of aromatic nitrogens is 3. The van der Waals surface area contributed by atoms with Crippen molar-refractivity contribution in [1.29, 1.82) is 0 Å². The monoisotopic (exact) mass is 521 g/mol. The van der Waals surface area contributed by atoms with Crippen molar-refractivity contribution in [3.63, 3.8) is 0 Å². The second-order valence-electron chi connectivity index (χ2n) is 8.25. The minimum absolute atomic E-state index is 0. The van der Waals surface area contributed by atoms with E-state index in [2.05, 4.69) is 25.7 Å². The number of guanidine groups is 1. The highest BCUT2D eigenvalue weighted by atomic mass is 127. The predicted molar refractivity (Wildman–Crippen MR) is 124 cm³/mol. The third-order valence-corrected chi connectivity index (χ3v) is 5.56. The molecule has 1 saturated heterocycles. The third kappa shape index (κ3) is 7.65. The summed E-state index contributed by atoms with van der Waals surface area (Å²) in [5.41, 5.74) is -0.850. The molecule has 0 bridgehead atoms. The lowest BCUT2D eigenvalue weighted by Gasteiger charge is -2.34. The summed E-state index contributed by atoms with van der Waals surface area (Å²) in [4.78, 5) is 6.95. The summed E-state index contributed by atoms with van der Waals surface area (Å²) in [6.45, 7) is 8.49. The first-order valence-corrected chi connectivity index (χ1v) is 10.4. The number of rotatable bonds is 7. The third-order valence-electron chi connectivity index (χ3n) is 5.56. The van der Waals surface area contributed by atoms with Crippen LogP contribution in [-0.4, -0.2) is 81.8 Å². The van der Waals surface area contributed by atoms with E-state index in [4.69, 9.17) is 9.73 Å². The van der Waals surface area contributed by atoms with E-state index >= 15 is 0 Å². The van der Waals surface area contributed by atoms with Crippen LogP contribution in [0.4, 0.5) is 0 Å². The number of hydrogen-bond acceptors (Lipinski definition) is 6. The smallest absolute Gasteiger partial charge is 0.192 e. The van der Waals surface area contributed by atoms with Gasteiger partial charge in [-0.3, -0.25) is 4.90 Å². The highest BCUT2D eigenvalue weighted by Crippen LogP contribution is 2.17. The zero-order chi connectivity index (χ0) is 20.0. The van der Waals surface area contributed by atoms with Crippen molar-refractivity contribution in [2.75, 3.05) is 39.4 Å². The van der Waals surface area contributed by atoms with Crippen molar-refractivity contribution in [3.8, 4) is 0 Å². The maximum atomic E-state index is 10.9. The Kier molecular flexibility index (Phi) is 9.57. The molecule has 10 heteroatoms. The highest BCUT2D eigenvalue weighted by molar-refractivity contribution is 14.0. The molecule has 3 N–H and O–H groups in total. The van der Waals surface area contributed by atoms with E-state index in [1.165, 1.54) is 12.8 Å². The summed E-state index contributed by atoms with van der Waals surface area (Å²) in [7, 11) is 1.95. The molecule has 0 aromatic carbocycles. The molecule has 0 spiro atoms. The molecule has 3 rings (SSSR count). The van der Waals surface area contributed by atoms with Gasteiger partial charge in [-0.2, -0.15) is 0 Å². The molecule has 1 aliphatic heterocycles. The number of ether oxygens (including phenoxy) is 1. The van der Waals surface area contributed by atoms with Crippen molar-refractivity contribution >= 4 is 29.9 Å². The van der Waals surface area contributed by atoms with Gasteiger partial charge in [0.1, 0.15) is 12.4 Å². The summed E-state index contributed by atoms with van der Waals surface area (Å²) >= 11 is 0. The minimum atomic E-state index is -0.850. The minimum Gasteiger partial charge on any atom is -0.387 e. The fourth-order valence-electron chi connectivity index (χ4n) is 3.73. The number of hydrogen-bond donors (Lipinski definition) is 3. The number of aliphatic imine (C=N–C) groups is 1. The van der Waals surface area contributed by atoms with Gasteiger partial charge in [-0.1, -0.05) is 12.8 Å². The quantitative estimate of drug-likeness (QED) is 0.278. The van der Waals surface area contributed by atoms with Gasteiger partial charge in [0, 0.05) is 39.3 Å². The Morgan fingerprint density at radius 3 is 2.59 bits per heavy atom. The second-order valence-corrected chi connectivity index (χ2v) is 8.25. The zero-order valence-electron chi connectivity index (χ0n) is 17.9. The lowest BCUT2D eigenvalue weighted by molar-refractivity contribution is -0.0201. The zero-order valence-corrected chi connectivity index (χ0v) is 20.2. The number of aryl methyl sites for hydroxylation is 1. The summed E-state index contributed by atoms with van der Waals surface area (Å²) in [6.07, 6.45) is 4.83. The van der Waals surface area contributed by atoms with E-state index in [9.17, 15) is 5.11 Å². The van der Waals surface area contributed by atoms with Gasteiger partial charge in [0.05, 0.1) is 18.8 Å². The first-order valence-electron chi connectivity index (χ1n) is 10.4. The fourth-order valence-corrected chi connectivity index (χ4v) is 3.73. The van der Waals surface area contributed by atoms with Crippen molar-refractivity contribution in [1.82, 2.24) is 30.3 Å². The number of aliphatic hydroxyl groups is 1. The van der Waals surface area contributed by atoms with E-state index in [0.717, 1.165) is 56.8 Å². The Bertz CT molecular complexity index is 653. The summed E-state index contributed by atoms with van der Waals surface area (Å²) in [6, 6.07) is 0.441.